The smallest absolute Gasteiger partial charge is 0.282 e. The number of nitrogens with one attached hydrogen (secondary N) is 1. The van der Waals surface area contributed by atoms with Gasteiger partial charge in [0.25, 0.3) is 17.4 Å². The van der Waals surface area contributed by atoms with Crippen LogP contribution in [-0.4, -0.2) is 36.1 Å². The molecule has 1 aromatic carbocycles. The van der Waals surface area contributed by atoms with Gasteiger partial charge in [-0.3, -0.25) is 14.5 Å². The van der Waals surface area contributed by atoms with E-state index in [0.29, 0.717) is 29.5 Å². The quantitative estimate of drug-likeness (QED) is 0.820. The highest BCUT2D eigenvalue weighted by Gasteiger charge is 2.51. The summed E-state index contributed by atoms with van der Waals surface area (Å²) in [4.78, 5) is 32.0. The first-order chi connectivity index (χ1) is 12.9. The highest BCUT2D eigenvalue weighted by Crippen LogP contribution is 2.37. The van der Waals surface area contributed by atoms with Crippen LogP contribution in [0.2, 0.25) is 0 Å². The number of ether oxygens (including phenoxy) is 2. The summed E-state index contributed by atoms with van der Waals surface area (Å²) >= 11 is 0. The Labute approximate surface area is 158 Å². The number of fused-ring (bicyclic) bond motifs is 1. The minimum absolute atomic E-state index is 0.402. The van der Waals surface area contributed by atoms with E-state index in [4.69, 9.17) is 9.47 Å². The third-order valence-corrected chi connectivity index (χ3v) is 4.46. The zero-order valence-electron chi connectivity index (χ0n) is 15.9. The molecule has 1 unspecified atom stereocenters. The van der Waals surface area contributed by atoms with Gasteiger partial charge < -0.3 is 14.8 Å². The number of amides is 2. The fourth-order valence-electron chi connectivity index (χ4n) is 3.02. The van der Waals surface area contributed by atoms with Crippen molar-refractivity contribution in [1.29, 1.82) is 0 Å². The van der Waals surface area contributed by atoms with E-state index in [1.165, 1.54) is 18.9 Å². The van der Waals surface area contributed by atoms with Crippen LogP contribution in [0.1, 0.15) is 25.8 Å². The van der Waals surface area contributed by atoms with Gasteiger partial charge in [-0.1, -0.05) is 13.0 Å². The molecule has 2 amide bonds. The number of aryl methyl sites for hydroxylation is 1. The number of carbonyl (C=O) groups excluding carboxylic acids is 2. The Morgan fingerprint density at radius 3 is 2.85 bits per heavy atom. The van der Waals surface area contributed by atoms with Crippen molar-refractivity contribution in [3.8, 4) is 11.5 Å². The first kappa shape index (κ1) is 18.7. The average molecular weight is 369 g/mol. The van der Waals surface area contributed by atoms with Crippen molar-refractivity contribution >= 4 is 23.3 Å². The molecule has 0 fully saturated rings. The summed E-state index contributed by atoms with van der Waals surface area (Å²) in [6.07, 6.45) is 2.32. The Morgan fingerprint density at radius 1 is 1.37 bits per heavy atom. The Bertz CT molecular complexity index is 883. The lowest BCUT2D eigenvalue weighted by atomic mass is 10.0. The van der Waals surface area contributed by atoms with E-state index in [9.17, 15) is 9.59 Å². The van der Waals surface area contributed by atoms with Gasteiger partial charge in [0.05, 0.1) is 12.8 Å². The highest BCUT2D eigenvalue weighted by atomic mass is 16.5. The number of nitrogens with zero attached hydrogens (tertiary/aromatic N) is 2. The van der Waals surface area contributed by atoms with Crippen LogP contribution in [0, 0.1) is 6.92 Å². The molecule has 1 aliphatic heterocycles. The summed E-state index contributed by atoms with van der Waals surface area (Å²) in [6.45, 7) is 5.79. The van der Waals surface area contributed by atoms with Gasteiger partial charge in [0, 0.05) is 12.7 Å². The third kappa shape index (κ3) is 3.32. The lowest BCUT2D eigenvalue weighted by molar-refractivity contribution is -0.145. The van der Waals surface area contributed by atoms with Crippen molar-refractivity contribution in [3.63, 3.8) is 0 Å². The third-order valence-electron chi connectivity index (χ3n) is 4.46. The fourth-order valence-corrected chi connectivity index (χ4v) is 3.02. The van der Waals surface area contributed by atoms with Gasteiger partial charge in [0.1, 0.15) is 5.75 Å². The van der Waals surface area contributed by atoms with Gasteiger partial charge in [-0.2, -0.15) is 0 Å². The molecular formula is C20H23N3O4. The predicted octanol–water partition coefficient (Wildman–Crippen LogP) is 2.93. The number of benzene rings is 1. The van der Waals surface area contributed by atoms with Gasteiger partial charge >= 0.3 is 0 Å². The summed E-state index contributed by atoms with van der Waals surface area (Å²) < 4.78 is 11.1. The summed E-state index contributed by atoms with van der Waals surface area (Å²) in [5, 5.41) is 2.78. The van der Waals surface area contributed by atoms with Crippen LogP contribution in [0.25, 0.3) is 0 Å². The predicted molar refractivity (Wildman–Crippen MR) is 102 cm³/mol. The number of methoxy groups -OCH3 is 1. The second kappa shape index (κ2) is 7.26. The minimum Gasteiger partial charge on any atom is -0.495 e. The van der Waals surface area contributed by atoms with Gasteiger partial charge in [-0.15, -0.1) is 0 Å². The Hall–Kier alpha value is -3.09. The van der Waals surface area contributed by atoms with Gasteiger partial charge in [0.15, 0.2) is 11.6 Å². The Balaban J connectivity index is 1.96. The molecule has 1 atom stereocenters. The number of anilines is 2. The van der Waals surface area contributed by atoms with Crippen molar-refractivity contribution in [2.75, 3.05) is 23.9 Å². The average Bonchev–Trinajstić information content (AvgIpc) is 2.65. The van der Waals surface area contributed by atoms with E-state index in [1.807, 2.05) is 19.9 Å². The number of pyridine rings is 1. The van der Waals surface area contributed by atoms with Crippen LogP contribution in [0.3, 0.4) is 0 Å². The molecule has 0 radical (unpaired) electrons. The number of carbonyl (C=O) groups is 2. The van der Waals surface area contributed by atoms with Crippen molar-refractivity contribution < 1.29 is 19.1 Å². The number of hydrogen-bond acceptors (Lipinski definition) is 5. The van der Waals surface area contributed by atoms with E-state index >= 15 is 0 Å². The lowest BCUT2D eigenvalue weighted by Gasteiger charge is -2.38. The second-order valence-corrected chi connectivity index (χ2v) is 6.58. The summed E-state index contributed by atoms with van der Waals surface area (Å²) in [7, 11) is 1.52. The number of rotatable bonds is 5. The molecular weight excluding hydrogens is 346 g/mol. The molecule has 0 saturated heterocycles. The minimum atomic E-state index is -1.71. The molecule has 2 aromatic rings. The maximum Gasteiger partial charge on any atom is 0.282 e. The summed E-state index contributed by atoms with van der Waals surface area (Å²) in [5.41, 5.74) is -0.270. The first-order valence-corrected chi connectivity index (χ1v) is 8.82. The number of hydrogen-bond donors (Lipinski definition) is 1. The molecule has 0 bridgehead atoms. The molecule has 2 heterocycles. The first-order valence-electron chi connectivity index (χ1n) is 8.82. The van der Waals surface area contributed by atoms with E-state index in [0.717, 1.165) is 12.0 Å². The monoisotopic (exact) mass is 369 g/mol. The molecule has 0 spiro atoms. The molecule has 7 heteroatoms. The highest BCUT2D eigenvalue weighted by molar-refractivity contribution is 6.19. The van der Waals surface area contributed by atoms with Crippen LogP contribution < -0.4 is 19.7 Å². The van der Waals surface area contributed by atoms with Crippen LogP contribution in [0.5, 0.6) is 11.5 Å². The second-order valence-electron chi connectivity index (χ2n) is 6.58. The van der Waals surface area contributed by atoms with Gasteiger partial charge in [-0.05, 0) is 50.1 Å². The molecule has 3 rings (SSSR count). The van der Waals surface area contributed by atoms with E-state index in [2.05, 4.69) is 10.3 Å². The molecule has 142 valence electrons. The normalized spacial score (nSPS) is 18.5. The molecule has 1 N–H and O–H groups in total. The van der Waals surface area contributed by atoms with Crippen molar-refractivity contribution in [3.05, 3.63) is 42.1 Å². The zero-order chi connectivity index (χ0) is 19.6. The maximum atomic E-state index is 13.1. The van der Waals surface area contributed by atoms with E-state index in [-0.39, 0.29) is 0 Å². The van der Waals surface area contributed by atoms with Crippen molar-refractivity contribution in [1.82, 2.24) is 4.98 Å². The van der Waals surface area contributed by atoms with Crippen molar-refractivity contribution in [2.45, 2.75) is 32.8 Å². The standard InChI is InChI=1S/C20H23N3O4/c1-5-11-23-17-16(7-6-10-21-17)27-20(3,19(23)25)18(24)22-14-12-13(2)8-9-15(14)26-4/h6-10,12H,5,11H2,1-4H3,(H,22,24). The van der Waals surface area contributed by atoms with Crippen LogP contribution in [-0.2, 0) is 9.59 Å². The fraction of sp³-hybridized carbons (Fsp3) is 0.350. The SMILES string of the molecule is CCCN1C(=O)C(C)(C(=O)Nc2cc(C)ccc2OC)Oc2cccnc21. The number of aromatic nitrogens is 1. The van der Waals surface area contributed by atoms with Crippen LogP contribution in [0.4, 0.5) is 11.5 Å². The molecule has 0 saturated carbocycles. The van der Waals surface area contributed by atoms with E-state index < -0.39 is 17.4 Å². The summed E-state index contributed by atoms with van der Waals surface area (Å²) in [6, 6.07) is 8.84. The molecule has 1 aromatic heterocycles. The van der Waals surface area contributed by atoms with Gasteiger partial charge in [-0.25, -0.2) is 4.98 Å². The van der Waals surface area contributed by atoms with E-state index in [1.54, 1.807) is 30.5 Å². The molecule has 0 aliphatic carbocycles. The Kier molecular flexibility index (Phi) is 5.03. The largest absolute Gasteiger partial charge is 0.495 e. The Morgan fingerprint density at radius 2 is 2.15 bits per heavy atom. The van der Waals surface area contributed by atoms with Gasteiger partial charge in [0.2, 0.25) is 0 Å². The van der Waals surface area contributed by atoms with Crippen molar-refractivity contribution in [2.24, 2.45) is 0 Å². The summed E-state index contributed by atoms with van der Waals surface area (Å²) in [5.74, 6) is 0.335. The van der Waals surface area contributed by atoms with Crippen LogP contribution in [0.15, 0.2) is 36.5 Å². The molecule has 1 aliphatic rings. The molecule has 7 nitrogen and oxygen atoms in total. The topological polar surface area (TPSA) is 80.8 Å². The maximum absolute atomic E-state index is 13.1. The van der Waals surface area contributed by atoms with Crippen LogP contribution >= 0.6 is 0 Å². The zero-order valence-corrected chi connectivity index (χ0v) is 15.9. The molecule has 27 heavy (non-hydrogen) atoms. The lowest BCUT2D eigenvalue weighted by Crippen LogP contribution is -2.61.